The Hall–Kier alpha value is -0.590. The lowest BCUT2D eigenvalue weighted by Crippen LogP contribution is -2.47. The summed E-state index contributed by atoms with van der Waals surface area (Å²) in [6, 6.07) is 3.14. The quantitative estimate of drug-likeness (QED) is 0.793. The largest absolute Gasteiger partial charge is 0.303 e. The molecule has 1 saturated carbocycles. The Morgan fingerprint density at radius 3 is 2.25 bits per heavy atom. The van der Waals surface area contributed by atoms with Gasteiger partial charge in [-0.1, -0.05) is 12.8 Å². The molecule has 2 atom stereocenters. The summed E-state index contributed by atoms with van der Waals surface area (Å²) in [5.74, 6) is 1.22. The third-order valence-electron chi connectivity index (χ3n) is 5.73. The maximum Gasteiger partial charge on any atom is 0.0672 e. The molecule has 2 unspecified atom stereocenters. The number of piperidine rings is 1. The summed E-state index contributed by atoms with van der Waals surface area (Å²) in [7, 11) is 0. The Bertz CT molecular complexity index is 335. The van der Waals surface area contributed by atoms with E-state index in [1.54, 1.807) is 0 Å². The smallest absolute Gasteiger partial charge is 0.0672 e. The van der Waals surface area contributed by atoms with Crippen LogP contribution >= 0.6 is 0 Å². The summed E-state index contributed by atoms with van der Waals surface area (Å²) >= 11 is 0. The molecule has 3 rings (SSSR count). The summed E-state index contributed by atoms with van der Waals surface area (Å²) in [6.07, 6.45) is 10.5. The highest BCUT2D eigenvalue weighted by atomic mass is 15.2. The van der Waals surface area contributed by atoms with Crippen LogP contribution in [0.5, 0.6) is 0 Å². The topological polar surface area (TPSA) is 30.3 Å². The van der Waals surface area contributed by atoms with Gasteiger partial charge in [0.1, 0.15) is 0 Å². The van der Waals surface area contributed by atoms with E-state index in [-0.39, 0.29) is 0 Å². The molecule has 0 aromatic heterocycles. The number of nitrogens with zero attached hydrogens (tertiary/aromatic N) is 3. The molecule has 0 N–H and O–H groups in total. The summed E-state index contributed by atoms with van der Waals surface area (Å²) in [6.45, 7) is 6.47. The van der Waals surface area contributed by atoms with Gasteiger partial charge in [0.25, 0.3) is 0 Å². The first-order chi connectivity index (χ1) is 9.86. The molecule has 0 aromatic rings. The molecule has 0 spiro atoms. The van der Waals surface area contributed by atoms with Gasteiger partial charge in [0, 0.05) is 12.6 Å². The van der Waals surface area contributed by atoms with Gasteiger partial charge >= 0.3 is 0 Å². The second-order valence-corrected chi connectivity index (χ2v) is 7.07. The molecule has 2 aliphatic heterocycles. The van der Waals surface area contributed by atoms with Crippen molar-refractivity contribution in [2.24, 2.45) is 11.8 Å². The average Bonchev–Trinajstić information content (AvgIpc) is 3.01. The van der Waals surface area contributed by atoms with Gasteiger partial charge in [-0.15, -0.1) is 0 Å². The van der Waals surface area contributed by atoms with Crippen LogP contribution in [0.4, 0.5) is 0 Å². The normalized spacial score (nSPS) is 34.1. The molecule has 3 nitrogen and oxygen atoms in total. The van der Waals surface area contributed by atoms with Crippen LogP contribution in [-0.4, -0.2) is 48.6 Å². The van der Waals surface area contributed by atoms with E-state index in [9.17, 15) is 5.26 Å². The van der Waals surface area contributed by atoms with Crippen molar-refractivity contribution in [2.45, 2.75) is 57.4 Å². The van der Waals surface area contributed by atoms with Crippen LogP contribution < -0.4 is 0 Å². The molecular formula is C17H29N3. The molecule has 0 aromatic carbocycles. The molecular weight excluding hydrogens is 246 g/mol. The second-order valence-electron chi connectivity index (χ2n) is 7.07. The Morgan fingerprint density at radius 2 is 1.55 bits per heavy atom. The first-order valence-electron chi connectivity index (χ1n) is 8.73. The SMILES string of the molecule is N#CC1CCCCC1N1CCC(CN2CCCC2)CC1. The number of hydrogen-bond donors (Lipinski definition) is 0. The minimum atomic E-state index is 0.305. The molecule has 2 saturated heterocycles. The van der Waals surface area contributed by atoms with Gasteiger partial charge in [-0.05, 0) is 70.6 Å². The Morgan fingerprint density at radius 1 is 0.850 bits per heavy atom. The van der Waals surface area contributed by atoms with Crippen LogP contribution in [0, 0.1) is 23.2 Å². The molecule has 2 heterocycles. The van der Waals surface area contributed by atoms with Gasteiger partial charge in [-0.3, -0.25) is 4.90 Å². The first-order valence-corrected chi connectivity index (χ1v) is 8.73. The molecule has 3 heteroatoms. The molecule has 3 fully saturated rings. The Kier molecular flexibility index (Phi) is 4.96. The summed E-state index contributed by atoms with van der Waals surface area (Å²) in [4.78, 5) is 5.31. The lowest BCUT2D eigenvalue weighted by Gasteiger charge is -2.41. The molecule has 20 heavy (non-hydrogen) atoms. The van der Waals surface area contributed by atoms with E-state index in [0.29, 0.717) is 12.0 Å². The van der Waals surface area contributed by atoms with E-state index < -0.39 is 0 Å². The fraction of sp³-hybridized carbons (Fsp3) is 0.941. The van der Waals surface area contributed by atoms with Crippen LogP contribution in [0.1, 0.15) is 51.4 Å². The highest BCUT2D eigenvalue weighted by molar-refractivity contribution is 4.96. The Balaban J connectivity index is 1.46. The second kappa shape index (κ2) is 6.91. The lowest BCUT2D eigenvalue weighted by molar-refractivity contribution is 0.0768. The number of rotatable bonds is 3. The zero-order chi connectivity index (χ0) is 13.8. The van der Waals surface area contributed by atoms with Gasteiger partial charge in [0.05, 0.1) is 12.0 Å². The maximum absolute atomic E-state index is 9.35. The fourth-order valence-electron chi connectivity index (χ4n) is 4.50. The number of hydrogen-bond acceptors (Lipinski definition) is 3. The van der Waals surface area contributed by atoms with Crippen molar-refractivity contribution < 1.29 is 0 Å². The molecule has 3 aliphatic rings. The van der Waals surface area contributed by atoms with Crippen LogP contribution in [0.2, 0.25) is 0 Å². The van der Waals surface area contributed by atoms with E-state index in [4.69, 9.17) is 0 Å². The zero-order valence-corrected chi connectivity index (χ0v) is 12.8. The van der Waals surface area contributed by atoms with Gasteiger partial charge in [-0.2, -0.15) is 5.26 Å². The Labute approximate surface area is 123 Å². The number of nitriles is 1. The van der Waals surface area contributed by atoms with Gasteiger partial charge in [0.15, 0.2) is 0 Å². The van der Waals surface area contributed by atoms with Crippen LogP contribution in [-0.2, 0) is 0 Å². The standard InChI is InChI=1S/C17H29N3/c18-13-16-5-1-2-6-17(16)20-11-7-15(8-12-20)14-19-9-3-4-10-19/h15-17H,1-12,14H2. The summed E-state index contributed by atoms with van der Waals surface area (Å²) < 4.78 is 0. The molecule has 0 bridgehead atoms. The zero-order valence-electron chi connectivity index (χ0n) is 12.8. The fourth-order valence-corrected chi connectivity index (χ4v) is 4.50. The van der Waals surface area contributed by atoms with Crippen molar-refractivity contribution in [1.82, 2.24) is 9.80 Å². The molecule has 1 aliphatic carbocycles. The van der Waals surface area contributed by atoms with Crippen molar-refractivity contribution in [1.29, 1.82) is 5.26 Å². The average molecular weight is 275 g/mol. The third kappa shape index (κ3) is 3.35. The van der Waals surface area contributed by atoms with Crippen LogP contribution in [0.25, 0.3) is 0 Å². The van der Waals surface area contributed by atoms with Crippen molar-refractivity contribution in [2.75, 3.05) is 32.7 Å². The summed E-state index contributed by atoms with van der Waals surface area (Å²) in [5, 5.41) is 9.35. The van der Waals surface area contributed by atoms with Gasteiger partial charge < -0.3 is 4.90 Å². The molecule has 0 radical (unpaired) electrons. The monoisotopic (exact) mass is 275 g/mol. The first kappa shape index (κ1) is 14.4. The van der Waals surface area contributed by atoms with E-state index >= 15 is 0 Å². The van der Waals surface area contributed by atoms with Crippen LogP contribution in [0.15, 0.2) is 0 Å². The van der Waals surface area contributed by atoms with Gasteiger partial charge in [0.2, 0.25) is 0 Å². The minimum absolute atomic E-state index is 0.305. The predicted octanol–water partition coefficient (Wildman–Crippen LogP) is 2.88. The number of likely N-dealkylation sites (tertiary alicyclic amines) is 2. The van der Waals surface area contributed by atoms with Crippen molar-refractivity contribution in [3.63, 3.8) is 0 Å². The van der Waals surface area contributed by atoms with Crippen LogP contribution in [0.3, 0.4) is 0 Å². The highest BCUT2D eigenvalue weighted by Gasteiger charge is 2.32. The predicted molar refractivity (Wildman–Crippen MR) is 81.3 cm³/mol. The van der Waals surface area contributed by atoms with E-state index in [0.717, 1.165) is 12.3 Å². The highest BCUT2D eigenvalue weighted by Crippen LogP contribution is 2.31. The van der Waals surface area contributed by atoms with E-state index in [1.807, 2.05) is 0 Å². The summed E-state index contributed by atoms with van der Waals surface area (Å²) in [5.41, 5.74) is 0. The minimum Gasteiger partial charge on any atom is -0.303 e. The third-order valence-corrected chi connectivity index (χ3v) is 5.73. The van der Waals surface area contributed by atoms with Gasteiger partial charge in [-0.25, -0.2) is 0 Å². The lowest BCUT2D eigenvalue weighted by atomic mass is 9.83. The van der Waals surface area contributed by atoms with Crippen molar-refractivity contribution in [3.05, 3.63) is 0 Å². The van der Waals surface area contributed by atoms with Crippen molar-refractivity contribution >= 4 is 0 Å². The van der Waals surface area contributed by atoms with Crippen molar-refractivity contribution in [3.8, 4) is 6.07 Å². The maximum atomic E-state index is 9.35. The van der Waals surface area contributed by atoms with E-state index in [2.05, 4.69) is 15.9 Å². The molecule has 0 amide bonds. The molecule has 112 valence electrons. The van der Waals surface area contributed by atoms with E-state index in [1.165, 1.54) is 77.7 Å².